The molecule has 0 aromatic carbocycles. The number of hydrogen-bond donors (Lipinski definition) is 1. The standard InChI is InChI=1S/C17H30N2O3S/c20-23(21,17-8-12-22-13-9-17)19-10-6-16(7-11-19)18-14-15-4-2-1-3-5-15/h1-2,15-18H,3-14H2/t15-/m1/s1. The van der Waals surface area contributed by atoms with Crippen LogP contribution in [0.3, 0.4) is 0 Å². The molecule has 2 saturated heterocycles. The molecule has 3 aliphatic rings. The van der Waals surface area contributed by atoms with Crippen molar-refractivity contribution < 1.29 is 13.2 Å². The molecule has 2 fully saturated rings. The maximum Gasteiger partial charge on any atom is 0.217 e. The molecule has 1 atom stereocenters. The van der Waals surface area contributed by atoms with Crippen molar-refractivity contribution in [1.29, 1.82) is 0 Å². The molecule has 6 heteroatoms. The van der Waals surface area contributed by atoms with Crippen LogP contribution in [0.2, 0.25) is 0 Å². The van der Waals surface area contributed by atoms with Gasteiger partial charge >= 0.3 is 0 Å². The topological polar surface area (TPSA) is 58.6 Å². The molecular formula is C17H30N2O3S. The highest BCUT2D eigenvalue weighted by molar-refractivity contribution is 7.89. The lowest BCUT2D eigenvalue weighted by Crippen LogP contribution is -2.49. The largest absolute Gasteiger partial charge is 0.381 e. The number of rotatable bonds is 5. The third-order valence-electron chi connectivity index (χ3n) is 5.48. The molecule has 0 amide bonds. The van der Waals surface area contributed by atoms with E-state index >= 15 is 0 Å². The Labute approximate surface area is 140 Å². The average molecular weight is 343 g/mol. The maximum absolute atomic E-state index is 12.7. The zero-order valence-electron chi connectivity index (χ0n) is 14.0. The minimum absolute atomic E-state index is 0.227. The molecule has 5 nitrogen and oxygen atoms in total. The van der Waals surface area contributed by atoms with Crippen LogP contribution >= 0.6 is 0 Å². The fraction of sp³-hybridized carbons (Fsp3) is 0.882. The van der Waals surface area contributed by atoms with Crippen LogP contribution in [0.15, 0.2) is 12.2 Å². The van der Waals surface area contributed by atoms with Crippen LogP contribution in [-0.2, 0) is 14.8 Å². The number of ether oxygens (including phenoxy) is 1. The molecule has 0 aromatic heterocycles. The van der Waals surface area contributed by atoms with E-state index in [1.165, 1.54) is 19.3 Å². The normalized spacial score (nSPS) is 29.0. The summed E-state index contributed by atoms with van der Waals surface area (Å²) in [6.45, 7) is 3.57. The molecule has 1 aliphatic carbocycles. The zero-order chi connectivity index (χ0) is 16.1. The van der Waals surface area contributed by atoms with Crippen molar-refractivity contribution in [2.45, 2.75) is 56.2 Å². The lowest BCUT2D eigenvalue weighted by atomic mass is 9.94. The highest BCUT2D eigenvalue weighted by Gasteiger charge is 2.35. The summed E-state index contributed by atoms with van der Waals surface area (Å²) >= 11 is 0. The molecular weight excluding hydrogens is 312 g/mol. The van der Waals surface area contributed by atoms with Crippen LogP contribution in [0, 0.1) is 5.92 Å². The van der Waals surface area contributed by atoms with Gasteiger partial charge in [0.15, 0.2) is 0 Å². The Morgan fingerprint density at radius 2 is 1.78 bits per heavy atom. The first-order chi connectivity index (χ1) is 11.2. The van der Waals surface area contributed by atoms with Gasteiger partial charge in [0.2, 0.25) is 10.0 Å². The van der Waals surface area contributed by atoms with E-state index in [1.807, 2.05) is 0 Å². The molecule has 3 rings (SSSR count). The molecule has 0 aromatic rings. The molecule has 0 saturated carbocycles. The smallest absolute Gasteiger partial charge is 0.217 e. The molecule has 2 aliphatic heterocycles. The Balaban J connectivity index is 1.43. The van der Waals surface area contributed by atoms with Crippen molar-refractivity contribution in [2.75, 3.05) is 32.8 Å². The van der Waals surface area contributed by atoms with Crippen molar-refractivity contribution in [1.82, 2.24) is 9.62 Å². The van der Waals surface area contributed by atoms with Crippen molar-refractivity contribution >= 4 is 10.0 Å². The van der Waals surface area contributed by atoms with Gasteiger partial charge in [-0.15, -0.1) is 0 Å². The Hall–Kier alpha value is -0.430. The first kappa shape index (κ1) is 17.4. The summed E-state index contributed by atoms with van der Waals surface area (Å²) in [4.78, 5) is 0. The minimum Gasteiger partial charge on any atom is -0.381 e. The number of allylic oxidation sites excluding steroid dienone is 2. The Morgan fingerprint density at radius 1 is 1.04 bits per heavy atom. The van der Waals surface area contributed by atoms with E-state index in [4.69, 9.17) is 4.74 Å². The minimum atomic E-state index is -3.13. The molecule has 0 spiro atoms. The van der Waals surface area contributed by atoms with Gasteiger partial charge in [-0.3, -0.25) is 0 Å². The second-order valence-electron chi connectivity index (χ2n) is 7.09. The number of hydrogen-bond acceptors (Lipinski definition) is 4. The Bertz CT molecular complexity index is 492. The van der Waals surface area contributed by atoms with Crippen molar-refractivity contribution in [3.05, 3.63) is 12.2 Å². The second kappa shape index (κ2) is 8.10. The van der Waals surface area contributed by atoms with Gasteiger partial charge in [-0.05, 0) is 57.4 Å². The predicted octanol–water partition coefficient (Wildman–Crippen LogP) is 1.91. The summed E-state index contributed by atoms with van der Waals surface area (Å²) in [5, 5.41) is 3.44. The van der Waals surface area contributed by atoms with Gasteiger partial charge in [0.1, 0.15) is 0 Å². The van der Waals surface area contributed by atoms with Crippen LogP contribution in [0.4, 0.5) is 0 Å². The molecule has 2 heterocycles. The lowest BCUT2D eigenvalue weighted by Gasteiger charge is -2.35. The van der Waals surface area contributed by atoms with E-state index in [1.54, 1.807) is 4.31 Å². The summed E-state index contributed by atoms with van der Waals surface area (Å²) in [6, 6.07) is 0.474. The molecule has 0 radical (unpaired) electrons. The van der Waals surface area contributed by atoms with Crippen LogP contribution in [0.25, 0.3) is 0 Å². The van der Waals surface area contributed by atoms with Gasteiger partial charge < -0.3 is 10.1 Å². The number of nitrogens with zero attached hydrogens (tertiary/aromatic N) is 1. The zero-order valence-corrected chi connectivity index (χ0v) is 14.8. The quantitative estimate of drug-likeness (QED) is 0.776. The van der Waals surface area contributed by atoms with E-state index in [0.29, 0.717) is 45.2 Å². The summed E-state index contributed by atoms with van der Waals surface area (Å²) < 4.78 is 32.4. The van der Waals surface area contributed by atoms with Gasteiger partial charge in [-0.1, -0.05) is 12.2 Å². The molecule has 0 bridgehead atoms. The second-order valence-corrected chi connectivity index (χ2v) is 9.30. The van der Waals surface area contributed by atoms with E-state index in [0.717, 1.165) is 25.3 Å². The fourth-order valence-corrected chi connectivity index (χ4v) is 5.80. The van der Waals surface area contributed by atoms with E-state index in [2.05, 4.69) is 17.5 Å². The summed E-state index contributed by atoms with van der Waals surface area (Å²) in [5.41, 5.74) is 0. The van der Waals surface area contributed by atoms with E-state index in [9.17, 15) is 8.42 Å². The van der Waals surface area contributed by atoms with E-state index < -0.39 is 10.0 Å². The first-order valence-corrected chi connectivity index (χ1v) is 10.6. The number of sulfonamides is 1. The lowest BCUT2D eigenvalue weighted by molar-refractivity contribution is 0.0968. The fourth-order valence-electron chi connectivity index (χ4n) is 3.87. The molecule has 23 heavy (non-hydrogen) atoms. The van der Waals surface area contributed by atoms with Crippen LogP contribution in [-0.4, -0.2) is 56.9 Å². The van der Waals surface area contributed by atoms with Crippen molar-refractivity contribution in [3.8, 4) is 0 Å². The Morgan fingerprint density at radius 3 is 2.43 bits per heavy atom. The average Bonchev–Trinajstić information content (AvgIpc) is 2.62. The SMILES string of the molecule is O=S(=O)(C1CCOCC1)N1CCC(NC[C@@H]2CC=CCC2)CC1. The van der Waals surface area contributed by atoms with Crippen LogP contribution in [0.5, 0.6) is 0 Å². The highest BCUT2D eigenvalue weighted by Crippen LogP contribution is 2.24. The highest BCUT2D eigenvalue weighted by atomic mass is 32.2. The monoisotopic (exact) mass is 342 g/mol. The number of piperidine rings is 1. The van der Waals surface area contributed by atoms with Crippen molar-refractivity contribution in [3.63, 3.8) is 0 Å². The number of nitrogens with one attached hydrogen (secondary N) is 1. The van der Waals surface area contributed by atoms with Crippen LogP contribution in [0.1, 0.15) is 44.9 Å². The first-order valence-electron chi connectivity index (χ1n) is 9.11. The van der Waals surface area contributed by atoms with Gasteiger partial charge in [-0.2, -0.15) is 0 Å². The van der Waals surface area contributed by atoms with Gasteiger partial charge in [0.05, 0.1) is 5.25 Å². The summed E-state index contributed by atoms with van der Waals surface area (Å²) in [5.74, 6) is 0.754. The van der Waals surface area contributed by atoms with Gasteiger partial charge in [0, 0.05) is 32.3 Å². The third kappa shape index (κ3) is 4.56. The van der Waals surface area contributed by atoms with Crippen molar-refractivity contribution in [2.24, 2.45) is 5.92 Å². The predicted molar refractivity (Wildman–Crippen MR) is 91.8 cm³/mol. The van der Waals surface area contributed by atoms with E-state index in [-0.39, 0.29) is 5.25 Å². The summed E-state index contributed by atoms with van der Waals surface area (Å²) in [6.07, 6.45) is 11.4. The van der Waals surface area contributed by atoms with Gasteiger partial charge in [0.25, 0.3) is 0 Å². The molecule has 132 valence electrons. The maximum atomic E-state index is 12.7. The molecule has 1 N–H and O–H groups in total. The van der Waals surface area contributed by atoms with Crippen LogP contribution < -0.4 is 5.32 Å². The third-order valence-corrected chi connectivity index (χ3v) is 7.88. The molecule has 0 unspecified atom stereocenters. The Kier molecular flexibility index (Phi) is 6.13. The van der Waals surface area contributed by atoms with Gasteiger partial charge in [-0.25, -0.2) is 12.7 Å². The summed E-state index contributed by atoms with van der Waals surface area (Å²) in [7, 11) is -3.13.